The molecule has 0 spiro atoms. The van der Waals surface area contributed by atoms with Crippen molar-refractivity contribution in [3.05, 3.63) is 52.9 Å². The standard InChI is InChI=1S/C14H14BrN5/c1-9(10-2-4-11(15)5-3-10)18-13-14-17-6-7-20(14)8-12(16)19-13/h2-9H,16H2,1H3,(H,18,19). The Bertz CT molecular complexity index is 735. The number of nitrogen functional groups attached to an aromatic ring is 1. The fraction of sp³-hybridized carbons (Fsp3) is 0.143. The van der Waals surface area contributed by atoms with Crippen LogP contribution in [0.15, 0.2) is 47.3 Å². The van der Waals surface area contributed by atoms with Crippen LogP contribution in [0.5, 0.6) is 0 Å². The van der Waals surface area contributed by atoms with Gasteiger partial charge in [-0.15, -0.1) is 0 Å². The van der Waals surface area contributed by atoms with Crippen LogP contribution < -0.4 is 11.1 Å². The van der Waals surface area contributed by atoms with Crippen LogP contribution in [0.4, 0.5) is 11.6 Å². The van der Waals surface area contributed by atoms with Gasteiger partial charge in [-0.05, 0) is 24.6 Å². The average molecular weight is 332 g/mol. The summed E-state index contributed by atoms with van der Waals surface area (Å²) in [5.41, 5.74) is 7.75. The predicted octanol–water partition coefficient (Wildman–Crippen LogP) is 3.25. The van der Waals surface area contributed by atoms with Gasteiger partial charge in [0.1, 0.15) is 5.82 Å². The molecule has 0 fully saturated rings. The minimum Gasteiger partial charge on any atom is -0.382 e. The van der Waals surface area contributed by atoms with Gasteiger partial charge in [0.2, 0.25) is 0 Å². The topological polar surface area (TPSA) is 68.2 Å². The molecule has 2 aromatic heterocycles. The third-order valence-electron chi connectivity index (χ3n) is 3.12. The van der Waals surface area contributed by atoms with E-state index < -0.39 is 0 Å². The first-order chi connectivity index (χ1) is 9.63. The van der Waals surface area contributed by atoms with Crippen LogP contribution in [0.1, 0.15) is 18.5 Å². The van der Waals surface area contributed by atoms with Gasteiger partial charge < -0.3 is 15.5 Å². The van der Waals surface area contributed by atoms with Gasteiger partial charge in [-0.2, -0.15) is 0 Å². The predicted molar refractivity (Wildman–Crippen MR) is 83.6 cm³/mol. The molecule has 2 heterocycles. The Kier molecular flexibility index (Phi) is 3.31. The second kappa shape index (κ2) is 5.13. The summed E-state index contributed by atoms with van der Waals surface area (Å²) in [6, 6.07) is 8.28. The summed E-state index contributed by atoms with van der Waals surface area (Å²) in [4.78, 5) is 8.63. The second-order valence-corrected chi connectivity index (χ2v) is 5.51. The number of fused-ring (bicyclic) bond motifs is 1. The fourth-order valence-corrected chi connectivity index (χ4v) is 2.35. The summed E-state index contributed by atoms with van der Waals surface area (Å²) >= 11 is 3.44. The maximum atomic E-state index is 5.81. The van der Waals surface area contributed by atoms with Crippen molar-refractivity contribution in [2.24, 2.45) is 0 Å². The highest BCUT2D eigenvalue weighted by atomic mass is 79.9. The van der Waals surface area contributed by atoms with E-state index in [1.807, 2.05) is 22.7 Å². The van der Waals surface area contributed by atoms with Gasteiger partial charge in [0, 0.05) is 16.9 Å². The molecule has 3 rings (SSSR count). The number of hydrogen-bond acceptors (Lipinski definition) is 4. The van der Waals surface area contributed by atoms with E-state index in [1.54, 1.807) is 12.4 Å². The molecular formula is C14H14BrN5. The van der Waals surface area contributed by atoms with Crippen LogP contribution in [0.3, 0.4) is 0 Å². The average Bonchev–Trinajstić information content (AvgIpc) is 2.87. The van der Waals surface area contributed by atoms with Gasteiger partial charge in [0.25, 0.3) is 0 Å². The molecule has 0 aliphatic rings. The van der Waals surface area contributed by atoms with E-state index in [-0.39, 0.29) is 6.04 Å². The summed E-state index contributed by atoms with van der Waals surface area (Å²) in [5, 5.41) is 3.36. The third kappa shape index (κ3) is 2.46. The number of nitrogens with zero attached hydrogens (tertiary/aromatic N) is 3. The summed E-state index contributed by atoms with van der Waals surface area (Å²) in [6.07, 6.45) is 5.33. The highest BCUT2D eigenvalue weighted by Gasteiger charge is 2.11. The summed E-state index contributed by atoms with van der Waals surface area (Å²) in [7, 11) is 0. The lowest BCUT2D eigenvalue weighted by atomic mass is 10.1. The van der Waals surface area contributed by atoms with Crippen molar-refractivity contribution in [1.82, 2.24) is 14.4 Å². The zero-order valence-corrected chi connectivity index (χ0v) is 12.5. The van der Waals surface area contributed by atoms with Crippen molar-refractivity contribution < 1.29 is 0 Å². The molecule has 3 N–H and O–H groups in total. The molecule has 0 aliphatic carbocycles. The van der Waals surface area contributed by atoms with Gasteiger partial charge in [0.15, 0.2) is 11.5 Å². The lowest BCUT2D eigenvalue weighted by Gasteiger charge is -2.16. The molecule has 6 heteroatoms. The molecule has 0 amide bonds. The molecule has 3 aromatic rings. The van der Waals surface area contributed by atoms with Crippen molar-refractivity contribution in [3.63, 3.8) is 0 Å². The van der Waals surface area contributed by atoms with E-state index in [0.29, 0.717) is 11.6 Å². The zero-order valence-electron chi connectivity index (χ0n) is 10.9. The monoisotopic (exact) mass is 331 g/mol. The van der Waals surface area contributed by atoms with Gasteiger partial charge >= 0.3 is 0 Å². The number of anilines is 2. The molecule has 0 aliphatic heterocycles. The molecule has 0 saturated heterocycles. The zero-order chi connectivity index (χ0) is 14.1. The Morgan fingerprint density at radius 1 is 1.30 bits per heavy atom. The van der Waals surface area contributed by atoms with Crippen molar-refractivity contribution in [2.45, 2.75) is 13.0 Å². The number of aromatic nitrogens is 3. The van der Waals surface area contributed by atoms with Gasteiger partial charge in [-0.1, -0.05) is 28.1 Å². The van der Waals surface area contributed by atoms with Gasteiger partial charge in [-0.25, -0.2) is 9.97 Å². The lowest BCUT2D eigenvalue weighted by molar-refractivity contribution is 0.873. The van der Waals surface area contributed by atoms with E-state index in [2.05, 4.69) is 50.3 Å². The fourth-order valence-electron chi connectivity index (χ4n) is 2.09. The molecule has 0 saturated carbocycles. The number of hydrogen-bond donors (Lipinski definition) is 2. The lowest BCUT2D eigenvalue weighted by Crippen LogP contribution is -2.10. The molecule has 1 atom stereocenters. The normalized spacial score (nSPS) is 12.5. The SMILES string of the molecule is CC(Nc1nc(N)cn2ccnc12)c1ccc(Br)cc1. The van der Waals surface area contributed by atoms with Crippen molar-refractivity contribution in [3.8, 4) is 0 Å². The molecule has 102 valence electrons. The number of nitrogens with two attached hydrogens (primary N) is 1. The van der Waals surface area contributed by atoms with Crippen molar-refractivity contribution in [1.29, 1.82) is 0 Å². The summed E-state index contributed by atoms with van der Waals surface area (Å²) in [6.45, 7) is 2.08. The van der Waals surface area contributed by atoms with Crippen LogP contribution in [-0.2, 0) is 0 Å². The Morgan fingerprint density at radius 3 is 2.80 bits per heavy atom. The Balaban J connectivity index is 1.92. The maximum Gasteiger partial charge on any atom is 0.180 e. The van der Waals surface area contributed by atoms with E-state index in [0.717, 1.165) is 10.1 Å². The van der Waals surface area contributed by atoms with Crippen molar-refractivity contribution >= 4 is 33.2 Å². The van der Waals surface area contributed by atoms with E-state index in [1.165, 1.54) is 5.56 Å². The molecule has 1 aromatic carbocycles. The highest BCUT2D eigenvalue weighted by molar-refractivity contribution is 9.10. The number of nitrogens with one attached hydrogen (secondary N) is 1. The van der Waals surface area contributed by atoms with Crippen LogP contribution in [-0.4, -0.2) is 14.4 Å². The second-order valence-electron chi connectivity index (χ2n) is 4.59. The number of benzene rings is 1. The van der Waals surface area contributed by atoms with Gasteiger partial charge in [-0.3, -0.25) is 0 Å². The van der Waals surface area contributed by atoms with Crippen molar-refractivity contribution in [2.75, 3.05) is 11.1 Å². The minimum absolute atomic E-state index is 0.109. The summed E-state index contributed by atoms with van der Waals surface area (Å²) in [5.74, 6) is 1.14. The highest BCUT2D eigenvalue weighted by Crippen LogP contribution is 2.23. The van der Waals surface area contributed by atoms with E-state index in [9.17, 15) is 0 Å². The van der Waals surface area contributed by atoms with Crippen LogP contribution in [0.25, 0.3) is 5.65 Å². The Labute approximate surface area is 125 Å². The van der Waals surface area contributed by atoms with E-state index in [4.69, 9.17) is 5.73 Å². The molecule has 5 nitrogen and oxygen atoms in total. The molecular weight excluding hydrogens is 318 g/mol. The Morgan fingerprint density at radius 2 is 2.05 bits per heavy atom. The van der Waals surface area contributed by atoms with Gasteiger partial charge in [0.05, 0.1) is 12.2 Å². The number of imidazole rings is 1. The first kappa shape index (κ1) is 12.9. The van der Waals surface area contributed by atoms with Crippen LogP contribution in [0, 0.1) is 0 Å². The first-order valence-corrected chi connectivity index (χ1v) is 7.04. The largest absolute Gasteiger partial charge is 0.382 e. The third-order valence-corrected chi connectivity index (χ3v) is 3.64. The summed E-state index contributed by atoms with van der Waals surface area (Å²) < 4.78 is 2.92. The Hall–Kier alpha value is -2.08. The minimum atomic E-state index is 0.109. The molecule has 20 heavy (non-hydrogen) atoms. The number of halogens is 1. The quantitative estimate of drug-likeness (QED) is 0.773. The maximum absolute atomic E-state index is 5.81. The molecule has 0 radical (unpaired) electrons. The van der Waals surface area contributed by atoms with E-state index >= 15 is 0 Å². The number of rotatable bonds is 3. The first-order valence-electron chi connectivity index (χ1n) is 6.24. The van der Waals surface area contributed by atoms with Crippen LogP contribution >= 0.6 is 15.9 Å². The smallest absolute Gasteiger partial charge is 0.180 e. The van der Waals surface area contributed by atoms with Crippen LogP contribution in [0.2, 0.25) is 0 Å². The molecule has 1 unspecified atom stereocenters. The molecule has 0 bridgehead atoms.